The molecule has 3 rings (SSSR count). The summed E-state index contributed by atoms with van der Waals surface area (Å²) in [6.07, 6.45) is 3.60. The third-order valence-electron chi connectivity index (χ3n) is 4.02. The van der Waals surface area contributed by atoms with Crippen LogP contribution in [0.15, 0.2) is 12.1 Å². The lowest BCUT2D eigenvalue weighted by molar-refractivity contribution is 0.309. The van der Waals surface area contributed by atoms with Crippen LogP contribution in [0, 0.1) is 0 Å². The van der Waals surface area contributed by atoms with Crippen LogP contribution in [-0.2, 0) is 13.0 Å². The van der Waals surface area contributed by atoms with Crippen LogP contribution < -0.4 is 5.32 Å². The van der Waals surface area contributed by atoms with Gasteiger partial charge in [-0.3, -0.25) is 4.98 Å². The Hall–Kier alpha value is -0.930. The van der Waals surface area contributed by atoms with Gasteiger partial charge in [0.2, 0.25) is 0 Å². The molecule has 0 spiro atoms. The molecule has 92 valence electrons. The van der Waals surface area contributed by atoms with E-state index < -0.39 is 0 Å². The highest BCUT2D eigenvalue weighted by atomic mass is 15.1. The van der Waals surface area contributed by atoms with Crippen molar-refractivity contribution in [2.24, 2.45) is 0 Å². The zero-order valence-corrected chi connectivity index (χ0v) is 10.6. The Bertz CT molecular complexity index is 396. The first-order valence-corrected chi connectivity index (χ1v) is 6.71. The van der Waals surface area contributed by atoms with Gasteiger partial charge in [0.05, 0.1) is 0 Å². The molecule has 0 aliphatic carbocycles. The molecule has 17 heavy (non-hydrogen) atoms. The number of nitrogens with one attached hydrogen (secondary N) is 1. The van der Waals surface area contributed by atoms with Crippen LogP contribution in [0.1, 0.15) is 35.7 Å². The fourth-order valence-electron chi connectivity index (χ4n) is 2.92. The minimum Gasteiger partial charge on any atom is -0.317 e. The average Bonchev–Trinajstić information content (AvgIpc) is 2.39. The molecule has 0 radical (unpaired) electrons. The van der Waals surface area contributed by atoms with Gasteiger partial charge in [0.25, 0.3) is 0 Å². The van der Waals surface area contributed by atoms with E-state index in [4.69, 9.17) is 4.98 Å². The quantitative estimate of drug-likeness (QED) is 0.794. The van der Waals surface area contributed by atoms with Gasteiger partial charge in [0, 0.05) is 36.8 Å². The lowest BCUT2D eigenvalue weighted by Crippen LogP contribution is -2.29. The van der Waals surface area contributed by atoms with E-state index in [9.17, 15) is 0 Å². The second-order valence-electron chi connectivity index (χ2n) is 5.35. The summed E-state index contributed by atoms with van der Waals surface area (Å²) in [5.41, 5.74) is 4.10. The number of likely N-dealkylation sites (N-methyl/N-ethyl adjacent to an activating group) is 1. The van der Waals surface area contributed by atoms with E-state index in [1.807, 2.05) is 0 Å². The molecular formula is C14H21N3. The van der Waals surface area contributed by atoms with Crippen molar-refractivity contribution in [3.8, 4) is 0 Å². The van der Waals surface area contributed by atoms with E-state index in [1.165, 1.54) is 29.8 Å². The largest absolute Gasteiger partial charge is 0.317 e. The standard InChI is InChI=1S/C14H21N3/c1-17-9-6-14-12(10-17)2-3-13(16-14)11-4-7-15-8-5-11/h2-3,11,15H,4-10H2,1H3. The van der Waals surface area contributed by atoms with Crippen molar-refractivity contribution < 1.29 is 0 Å². The number of pyridine rings is 1. The van der Waals surface area contributed by atoms with Gasteiger partial charge < -0.3 is 10.2 Å². The summed E-state index contributed by atoms with van der Waals surface area (Å²) in [6.45, 7) is 4.50. The molecule has 0 amide bonds. The highest BCUT2D eigenvalue weighted by molar-refractivity contribution is 5.27. The Kier molecular flexibility index (Phi) is 3.12. The Labute approximate surface area is 103 Å². The molecule has 2 aliphatic heterocycles. The van der Waals surface area contributed by atoms with Crippen molar-refractivity contribution >= 4 is 0 Å². The van der Waals surface area contributed by atoms with Crippen LogP contribution in [0.2, 0.25) is 0 Å². The number of piperidine rings is 1. The molecular weight excluding hydrogens is 210 g/mol. The van der Waals surface area contributed by atoms with E-state index in [1.54, 1.807) is 0 Å². The van der Waals surface area contributed by atoms with Gasteiger partial charge in [-0.1, -0.05) is 6.07 Å². The fraction of sp³-hybridized carbons (Fsp3) is 0.643. The third kappa shape index (κ3) is 2.35. The lowest BCUT2D eigenvalue weighted by Gasteiger charge is -2.27. The van der Waals surface area contributed by atoms with Crippen LogP contribution >= 0.6 is 0 Å². The SMILES string of the molecule is CN1CCc2nc(C3CCNCC3)ccc2C1. The van der Waals surface area contributed by atoms with E-state index in [0.29, 0.717) is 5.92 Å². The van der Waals surface area contributed by atoms with Gasteiger partial charge in [-0.25, -0.2) is 0 Å². The van der Waals surface area contributed by atoms with Crippen LogP contribution in [0.3, 0.4) is 0 Å². The van der Waals surface area contributed by atoms with Crippen LogP contribution in [0.4, 0.5) is 0 Å². The molecule has 2 aliphatic rings. The van der Waals surface area contributed by atoms with Gasteiger partial charge in [0.15, 0.2) is 0 Å². The monoisotopic (exact) mass is 231 g/mol. The van der Waals surface area contributed by atoms with Gasteiger partial charge in [0.1, 0.15) is 0 Å². The first-order chi connectivity index (χ1) is 8.33. The Morgan fingerprint density at radius 3 is 2.94 bits per heavy atom. The third-order valence-corrected chi connectivity index (χ3v) is 4.02. The van der Waals surface area contributed by atoms with E-state index in [-0.39, 0.29) is 0 Å². The Morgan fingerprint density at radius 1 is 1.29 bits per heavy atom. The van der Waals surface area contributed by atoms with Crippen LogP contribution in [0.25, 0.3) is 0 Å². The topological polar surface area (TPSA) is 28.2 Å². The Balaban J connectivity index is 1.82. The molecule has 0 unspecified atom stereocenters. The highest BCUT2D eigenvalue weighted by Gasteiger charge is 2.19. The van der Waals surface area contributed by atoms with Crippen molar-refractivity contribution in [3.63, 3.8) is 0 Å². The molecule has 1 fully saturated rings. The number of nitrogens with zero attached hydrogens (tertiary/aromatic N) is 2. The number of fused-ring (bicyclic) bond motifs is 1. The number of aromatic nitrogens is 1. The second kappa shape index (κ2) is 4.75. The molecule has 1 aromatic rings. The number of hydrogen-bond acceptors (Lipinski definition) is 3. The maximum atomic E-state index is 4.92. The molecule has 1 aromatic heterocycles. The van der Waals surface area contributed by atoms with Crippen molar-refractivity contribution in [3.05, 3.63) is 29.1 Å². The summed E-state index contributed by atoms with van der Waals surface area (Å²) in [4.78, 5) is 7.29. The molecule has 3 nitrogen and oxygen atoms in total. The summed E-state index contributed by atoms with van der Waals surface area (Å²) in [6, 6.07) is 4.56. The summed E-state index contributed by atoms with van der Waals surface area (Å²) in [5.74, 6) is 0.682. The fourth-order valence-corrected chi connectivity index (χ4v) is 2.92. The zero-order chi connectivity index (χ0) is 11.7. The molecule has 0 atom stereocenters. The predicted octanol–water partition coefficient (Wildman–Crippen LogP) is 1.54. The molecule has 0 bridgehead atoms. The molecule has 1 saturated heterocycles. The smallest absolute Gasteiger partial charge is 0.0464 e. The second-order valence-corrected chi connectivity index (χ2v) is 5.35. The predicted molar refractivity (Wildman–Crippen MR) is 69.1 cm³/mol. The lowest BCUT2D eigenvalue weighted by atomic mass is 9.93. The van der Waals surface area contributed by atoms with Crippen molar-refractivity contribution in [2.45, 2.75) is 31.7 Å². The van der Waals surface area contributed by atoms with Crippen LogP contribution in [0.5, 0.6) is 0 Å². The summed E-state index contributed by atoms with van der Waals surface area (Å²) in [7, 11) is 2.18. The molecule has 3 heterocycles. The summed E-state index contributed by atoms with van der Waals surface area (Å²) in [5, 5.41) is 3.42. The normalized spacial score (nSPS) is 22.4. The van der Waals surface area contributed by atoms with Crippen molar-refractivity contribution in [2.75, 3.05) is 26.7 Å². The number of rotatable bonds is 1. The van der Waals surface area contributed by atoms with Gasteiger partial charge in [-0.05, 0) is 44.6 Å². The molecule has 1 N–H and O–H groups in total. The maximum absolute atomic E-state index is 4.92. The zero-order valence-electron chi connectivity index (χ0n) is 10.6. The molecule has 0 saturated carbocycles. The molecule has 0 aromatic carbocycles. The van der Waals surface area contributed by atoms with E-state index in [2.05, 4.69) is 29.4 Å². The minimum atomic E-state index is 0.682. The van der Waals surface area contributed by atoms with Crippen molar-refractivity contribution in [1.29, 1.82) is 0 Å². The maximum Gasteiger partial charge on any atom is 0.0464 e. The van der Waals surface area contributed by atoms with Crippen molar-refractivity contribution in [1.82, 2.24) is 15.2 Å². The first-order valence-electron chi connectivity index (χ1n) is 6.71. The average molecular weight is 231 g/mol. The summed E-state index contributed by atoms with van der Waals surface area (Å²) >= 11 is 0. The minimum absolute atomic E-state index is 0.682. The molecule has 3 heteroatoms. The van der Waals surface area contributed by atoms with Crippen LogP contribution in [-0.4, -0.2) is 36.6 Å². The van der Waals surface area contributed by atoms with Gasteiger partial charge in [-0.15, -0.1) is 0 Å². The van der Waals surface area contributed by atoms with E-state index in [0.717, 1.165) is 32.6 Å². The van der Waals surface area contributed by atoms with Gasteiger partial charge in [-0.2, -0.15) is 0 Å². The highest BCUT2D eigenvalue weighted by Crippen LogP contribution is 2.26. The summed E-state index contributed by atoms with van der Waals surface area (Å²) < 4.78 is 0. The Morgan fingerprint density at radius 2 is 2.12 bits per heavy atom. The number of hydrogen-bond donors (Lipinski definition) is 1. The van der Waals surface area contributed by atoms with E-state index >= 15 is 0 Å². The first kappa shape index (κ1) is 11.2. The van der Waals surface area contributed by atoms with Gasteiger partial charge >= 0.3 is 0 Å².